The van der Waals surface area contributed by atoms with E-state index in [0.717, 1.165) is 20.5 Å². The van der Waals surface area contributed by atoms with Crippen molar-refractivity contribution in [3.05, 3.63) is 34.2 Å². The fourth-order valence-corrected chi connectivity index (χ4v) is 3.23. The Balaban J connectivity index is 2.83. The Kier molecular flexibility index (Phi) is 2.67. The molecule has 2 aromatic rings. The van der Waals surface area contributed by atoms with Crippen LogP contribution in [0.3, 0.4) is 0 Å². The van der Waals surface area contributed by atoms with E-state index in [2.05, 4.69) is 0 Å². The van der Waals surface area contributed by atoms with Gasteiger partial charge in [0.15, 0.2) is 0 Å². The molecule has 0 fully saturated rings. The van der Waals surface area contributed by atoms with E-state index in [1.807, 2.05) is 13.0 Å². The third-order valence-electron chi connectivity index (χ3n) is 2.38. The summed E-state index contributed by atoms with van der Waals surface area (Å²) in [4.78, 5) is 12.1. The van der Waals surface area contributed by atoms with Crippen LogP contribution in [0, 0.1) is 6.92 Å². The minimum Gasteiger partial charge on any atom is -0.478 e. The summed E-state index contributed by atoms with van der Waals surface area (Å²) < 4.78 is 0.818. The highest BCUT2D eigenvalue weighted by atomic mass is 35.5. The van der Waals surface area contributed by atoms with Crippen molar-refractivity contribution in [2.45, 2.75) is 12.8 Å². The lowest BCUT2D eigenvalue weighted by molar-refractivity contribution is 0.0699. The molecule has 78 valence electrons. The van der Waals surface area contributed by atoms with Gasteiger partial charge in [-0.2, -0.15) is 0 Å². The molecule has 1 aromatic heterocycles. The number of carbonyl (C=O) groups is 1. The fourth-order valence-electron chi connectivity index (χ4n) is 1.62. The van der Waals surface area contributed by atoms with Gasteiger partial charge >= 0.3 is 5.97 Å². The van der Waals surface area contributed by atoms with E-state index in [4.69, 9.17) is 16.7 Å². The number of hydrogen-bond acceptors (Lipinski definition) is 2. The number of benzene rings is 1. The highest BCUT2D eigenvalue weighted by Gasteiger charge is 2.14. The molecule has 1 N–H and O–H groups in total. The lowest BCUT2D eigenvalue weighted by Crippen LogP contribution is -1.95. The fraction of sp³-hybridized carbons (Fsp3) is 0.182. The summed E-state index contributed by atoms with van der Waals surface area (Å²) in [5.74, 6) is -0.461. The Hall–Kier alpha value is -1.06. The van der Waals surface area contributed by atoms with Crippen LogP contribution < -0.4 is 0 Å². The topological polar surface area (TPSA) is 37.3 Å². The number of alkyl halides is 1. The Bertz CT molecular complexity index is 531. The summed E-state index contributed by atoms with van der Waals surface area (Å²) in [6.07, 6.45) is 0. The second-order valence-electron chi connectivity index (χ2n) is 3.26. The van der Waals surface area contributed by atoms with Gasteiger partial charge in [0.25, 0.3) is 0 Å². The van der Waals surface area contributed by atoms with Crippen molar-refractivity contribution >= 4 is 39.0 Å². The van der Waals surface area contributed by atoms with Crippen molar-refractivity contribution in [1.82, 2.24) is 0 Å². The largest absolute Gasteiger partial charge is 0.478 e. The maximum atomic E-state index is 11.0. The van der Waals surface area contributed by atoms with Gasteiger partial charge in [-0.1, -0.05) is 12.1 Å². The monoisotopic (exact) mass is 240 g/mol. The first kappa shape index (κ1) is 10.5. The summed E-state index contributed by atoms with van der Waals surface area (Å²) in [5.41, 5.74) is 1.40. The van der Waals surface area contributed by atoms with Crippen molar-refractivity contribution in [3.8, 4) is 0 Å². The van der Waals surface area contributed by atoms with Crippen molar-refractivity contribution in [2.24, 2.45) is 0 Å². The molecule has 0 bridgehead atoms. The highest BCUT2D eigenvalue weighted by molar-refractivity contribution is 7.19. The van der Waals surface area contributed by atoms with Crippen molar-refractivity contribution in [1.29, 1.82) is 0 Å². The number of thiophene rings is 1. The van der Waals surface area contributed by atoms with E-state index < -0.39 is 5.97 Å². The smallest absolute Gasteiger partial charge is 0.337 e. The van der Waals surface area contributed by atoms with E-state index in [1.54, 1.807) is 12.1 Å². The summed E-state index contributed by atoms with van der Waals surface area (Å²) >= 11 is 7.34. The predicted molar refractivity (Wildman–Crippen MR) is 63.1 cm³/mol. The number of aromatic carboxylic acids is 1. The van der Waals surface area contributed by atoms with Crippen LogP contribution in [0.25, 0.3) is 10.1 Å². The second-order valence-corrected chi connectivity index (χ2v) is 4.75. The van der Waals surface area contributed by atoms with E-state index in [-0.39, 0.29) is 0 Å². The molecule has 1 aromatic carbocycles. The molecule has 0 saturated heterocycles. The molecule has 2 nitrogen and oxygen atoms in total. The zero-order valence-corrected chi connectivity index (χ0v) is 9.65. The van der Waals surface area contributed by atoms with Crippen LogP contribution in [-0.2, 0) is 5.88 Å². The molecule has 0 radical (unpaired) electrons. The van der Waals surface area contributed by atoms with Gasteiger partial charge in [-0.05, 0) is 23.9 Å². The average Bonchev–Trinajstić information content (AvgIpc) is 2.52. The van der Waals surface area contributed by atoms with Gasteiger partial charge in [0, 0.05) is 15.5 Å². The number of fused-ring (bicyclic) bond motifs is 1. The third-order valence-corrected chi connectivity index (χ3v) is 3.85. The SMILES string of the molecule is Cc1sc2c(C(=O)O)cccc2c1CCl. The Morgan fingerprint density at radius 2 is 2.27 bits per heavy atom. The third kappa shape index (κ3) is 1.62. The minimum atomic E-state index is -0.886. The van der Waals surface area contributed by atoms with Crippen molar-refractivity contribution in [2.75, 3.05) is 0 Å². The average molecular weight is 241 g/mol. The summed E-state index contributed by atoms with van der Waals surface area (Å²) in [7, 11) is 0. The summed E-state index contributed by atoms with van der Waals surface area (Å²) in [6, 6.07) is 5.30. The maximum absolute atomic E-state index is 11.0. The van der Waals surface area contributed by atoms with E-state index in [1.165, 1.54) is 11.3 Å². The first-order valence-electron chi connectivity index (χ1n) is 4.45. The molecule has 1 heterocycles. The van der Waals surface area contributed by atoms with Gasteiger partial charge < -0.3 is 5.11 Å². The van der Waals surface area contributed by atoms with Gasteiger partial charge in [-0.15, -0.1) is 22.9 Å². The van der Waals surface area contributed by atoms with Crippen molar-refractivity contribution in [3.63, 3.8) is 0 Å². The summed E-state index contributed by atoms with van der Waals surface area (Å²) in [5, 5.41) is 9.99. The lowest BCUT2D eigenvalue weighted by Gasteiger charge is -1.97. The quantitative estimate of drug-likeness (QED) is 0.814. The van der Waals surface area contributed by atoms with Crippen LogP contribution in [0.4, 0.5) is 0 Å². The maximum Gasteiger partial charge on any atom is 0.337 e. The van der Waals surface area contributed by atoms with Gasteiger partial charge in [-0.3, -0.25) is 0 Å². The van der Waals surface area contributed by atoms with Crippen LogP contribution in [0.2, 0.25) is 0 Å². The number of halogens is 1. The van der Waals surface area contributed by atoms with Gasteiger partial charge in [-0.25, -0.2) is 4.79 Å². The van der Waals surface area contributed by atoms with E-state index >= 15 is 0 Å². The highest BCUT2D eigenvalue weighted by Crippen LogP contribution is 2.34. The molecule has 0 aliphatic rings. The number of rotatable bonds is 2. The number of carboxylic acids is 1. The molecular weight excluding hydrogens is 232 g/mol. The van der Waals surface area contributed by atoms with E-state index in [9.17, 15) is 4.79 Å². The van der Waals surface area contributed by atoms with Gasteiger partial charge in [0.05, 0.1) is 5.56 Å². The Labute approximate surface area is 96.1 Å². The van der Waals surface area contributed by atoms with Crippen LogP contribution >= 0.6 is 22.9 Å². The Morgan fingerprint density at radius 3 is 2.87 bits per heavy atom. The molecule has 0 aliphatic heterocycles. The lowest BCUT2D eigenvalue weighted by atomic mass is 10.1. The molecule has 2 rings (SSSR count). The molecule has 15 heavy (non-hydrogen) atoms. The molecule has 0 unspecified atom stereocenters. The first-order chi connectivity index (χ1) is 7.15. The molecule has 0 spiro atoms. The Morgan fingerprint density at radius 1 is 1.53 bits per heavy atom. The number of aryl methyl sites for hydroxylation is 1. The number of hydrogen-bond donors (Lipinski definition) is 1. The normalized spacial score (nSPS) is 10.8. The van der Waals surface area contributed by atoms with Gasteiger partial charge in [0.1, 0.15) is 0 Å². The van der Waals surface area contributed by atoms with E-state index in [0.29, 0.717) is 11.4 Å². The number of carboxylic acid groups (broad SMARTS) is 1. The zero-order valence-electron chi connectivity index (χ0n) is 8.08. The predicted octanol–water partition coefficient (Wildman–Crippen LogP) is 3.65. The molecule has 0 saturated carbocycles. The van der Waals surface area contributed by atoms with Crippen LogP contribution in [0.5, 0.6) is 0 Å². The van der Waals surface area contributed by atoms with Crippen LogP contribution in [-0.4, -0.2) is 11.1 Å². The second kappa shape index (κ2) is 3.83. The van der Waals surface area contributed by atoms with Crippen molar-refractivity contribution < 1.29 is 9.90 Å². The molecular formula is C11H9ClO2S. The molecule has 0 atom stereocenters. The standard InChI is InChI=1S/C11H9ClO2S/c1-6-9(5-12)7-3-2-4-8(11(13)14)10(7)15-6/h2-4H,5H2,1H3,(H,13,14). The first-order valence-corrected chi connectivity index (χ1v) is 5.80. The molecule has 0 aliphatic carbocycles. The minimum absolute atomic E-state index is 0.358. The summed E-state index contributed by atoms with van der Waals surface area (Å²) in [6.45, 7) is 1.97. The van der Waals surface area contributed by atoms with Crippen LogP contribution in [0.15, 0.2) is 18.2 Å². The van der Waals surface area contributed by atoms with Gasteiger partial charge in [0.2, 0.25) is 0 Å². The molecule has 4 heteroatoms. The molecule has 0 amide bonds. The van der Waals surface area contributed by atoms with Crippen LogP contribution in [0.1, 0.15) is 20.8 Å². The zero-order chi connectivity index (χ0) is 11.0.